The number of hydrogen-bond donors (Lipinski definition) is 1. The molecule has 4 rings (SSSR count). The zero-order chi connectivity index (χ0) is 19.7. The molecule has 0 saturated heterocycles. The van der Waals surface area contributed by atoms with Gasteiger partial charge in [0.05, 0.1) is 5.69 Å². The molecule has 1 N–H and O–H groups in total. The number of carbonyl (C=O) groups is 1. The van der Waals surface area contributed by atoms with Crippen LogP contribution in [-0.4, -0.2) is 27.7 Å². The fraction of sp³-hybridized carbons (Fsp3) is 0.200. The molecule has 0 aliphatic carbocycles. The van der Waals surface area contributed by atoms with Crippen LogP contribution in [0.1, 0.15) is 6.92 Å². The van der Waals surface area contributed by atoms with E-state index < -0.39 is 23.9 Å². The van der Waals surface area contributed by atoms with E-state index >= 15 is 0 Å². The van der Waals surface area contributed by atoms with E-state index in [4.69, 9.17) is 9.47 Å². The summed E-state index contributed by atoms with van der Waals surface area (Å²) in [7, 11) is 1.86. The van der Waals surface area contributed by atoms with Crippen LogP contribution in [0.25, 0.3) is 0 Å². The average Bonchev–Trinajstić information content (AvgIpc) is 3.08. The van der Waals surface area contributed by atoms with Gasteiger partial charge in [0.2, 0.25) is 6.10 Å². The summed E-state index contributed by atoms with van der Waals surface area (Å²) in [5.41, 5.74) is 0.354. The van der Waals surface area contributed by atoms with Crippen molar-refractivity contribution >= 4 is 23.4 Å². The summed E-state index contributed by atoms with van der Waals surface area (Å²) in [5, 5.41) is 3.50. The lowest BCUT2D eigenvalue weighted by Gasteiger charge is -2.31. The summed E-state index contributed by atoms with van der Waals surface area (Å²) < 4.78 is 27.3. The van der Waals surface area contributed by atoms with Crippen molar-refractivity contribution in [3.63, 3.8) is 0 Å². The molecular formula is C20H18FN3O3S. The Labute approximate surface area is 165 Å². The Morgan fingerprint density at radius 1 is 1.21 bits per heavy atom. The number of halogens is 1. The zero-order valence-corrected chi connectivity index (χ0v) is 16.1. The molecule has 3 aromatic rings. The Kier molecular flexibility index (Phi) is 4.95. The number of fused-ring (bicyclic) bond motifs is 1. The summed E-state index contributed by atoms with van der Waals surface area (Å²) in [6.07, 6.45) is 2.14. The second-order valence-electron chi connectivity index (χ2n) is 6.36. The summed E-state index contributed by atoms with van der Waals surface area (Å²) in [6, 6.07) is 11.4. The van der Waals surface area contributed by atoms with Gasteiger partial charge in [0, 0.05) is 24.3 Å². The van der Waals surface area contributed by atoms with Crippen molar-refractivity contribution in [1.29, 1.82) is 0 Å². The smallest absolute Gasteiger partial charge is 0.269 e. The Balaban J connectivity index is 1.56. The van der Waals surface area contributed by atoms with Crippen LogP contribution in [0, 0.1) is 5.82 Å². The maximum atomic E-state index is 13.8. The minimum Gasteiger partial charge on any atom is -0.482 e. The number of nitrogens with zero attached hydrogens (tertiary/aromatic N) is 2. The Morgan fingerprint density at radius 3 is 2.68 bits per heavy atom. The first-order valence-electron chi connectivity index (χ1n) is 8.69. The van der Waals surface area contributed by atoms with Gasteiger partial charge in [-0.15, -0.1) is 0 Å². The van der Waals surface area contributed by atoms with Gasteiger partial charge >= 0.3 is 0 Å². The highest BCUT2D eigenvalue weighted by Crippen LogP contribution is 2.35. The summed E-state index contributed by atoms with van der Waals surface area (Å²) in [4.78, 5) is 17.8. The third-order valence-corrected chi connectivity index (χ3v) is 5.43. The Morgan fingerprint density at radius 2 is 1.96 bits per heavy atom. The largest absolute Gasteiger partial charge is 0.482 e. The molecule has 2 heterocycles. The third-order valence-electron chi connectivity index (χ3n) is 4.28. The van der Waals surface area contributed by atoms with Crippen LogP contribution in [-0.2, 0) is 11.8 Å². The van der Waals surface area contributed by atoms with Crippen LogP contribution < -0.4 is 14.8 Å². The lowest BCUT2D eigenvalue weighted by Crippen LogP contribution is -2.46. The first kappa shape index (κ1) is 18.4. The fourth-order valence-corrected chi connectivity index (χ4v) is 3.72. The number of carbonyl (C=O) groups excluding carboxylic acids is 1. The molecule has 2 aromatic carbocycles. The molecular weight excluding hydrogens is 381 g/mol. The fourth-order valence-electron chi connectivity index (χ4n) is 2.85. The lowest BCUT2D eigenvalue weighted by atomic mass is 10.1. The summed E-state index contributed by atoms with van der Waals surface area (Å²) in [6.45, 7) is 1.76. The number of imidazole rings is 1. The first-order valence-corrected chi connectivity index (χ1v) is 9.51. The van der Waals surface area contributed by atoms with Crippen LogP contribution in [0.2, 0.25) is 0 Å². The predicted octanol–water partition coefficient (Wildman–Crippen LogP) is 3.88. The molecule has 144 valence electrons. The highest BCUT2D eigenvalue weighted by atomic mass is 32.2. The van der Waals surface area contributed by atoms with Crippen molar-refractivity contribution in [2.45, 2.75) is 29.2 Å². The average molecular weight is 399 g/mol. The molecule has 2 atom stereocenters. The van der Waals surface area contributed by atoms with Crippen molar-refractivity contribution < 1.29 is 18.7 Å². The van der Waals surface area contributed by atoms with E-state index in [2.05, 4.69) is 10.3 Å². The molecule has 8 heteroatoms. The molecule has 2 unspecified atom stereocenters. The van der Waals surface area contributed by atoms with Crippen LogP contribution >= 0.6 is 11.8 Å². The second kappa shape index (κ2) is 7.55. The van der Waals surface area contributed by atoms with Gasteiger partial charge in [-0.1, -0.05) is 12.1 Å². The van der Waals surface area contributed by atoms with Crippen LogP contribution in [0.15, 0.2) is 64.9 Å². The van der Waals surface area contributed by atoms with Crippen molar-refractivity contribution in [3.05, 3.63) is 60.7 Å². The van der Waals surface area contributed by atoms with Gasteiger partial charge in [0.1, 0.15) is 11.9 Å². The molecule has 1 aliphatic heterocycles. The van der Waals surface area contributed by atoms with Crippen molar-refractivity contribution in [2.75, 3.05) is 5.32 Å². The molecule has 0 bridgehead atoms. The van der Waals surface area contributed by atoms with Crippen LogP contribution in [0.4, 0.5) is 10.1 Å². The van der Waals surface area contributed by atoms with Crippen LogP contribution in [0.5, 0.6) is 11.5 Å². The van der Waals surface area contributed by atoms with Gasteiger partial charge in [-0.05, 0) is 49.0 Å². The molecule has 6 nitrogen and oxygen atoms in total. The standard InChI is InChI=1S/C20H18FN3O3S/c1-12-18(27-16-6-4-3-5-15(16)26-12)19(25)23-14-11-13(21)7-8-17(14)28-20-22-9-10-24(20)2/h3-12,18H,1-2H3,(H,23,25). The molecule has 1 amide bonds. The first-order chi connectivity index (χ1) is 13.5. The number of ether oxygens (including phenoxy) is 2. The predicted molar refractivity (Wildman–Crippen MR) is 103 cm³/mol. The Bertz CT molecular complexity index is 1020. The molecule has 0 spiro atoms. The topological polar surface area (TPSA) is 65.4 Å². The second-order valence-corrected chi connectivity index (χ2v) is 7.37. The number of aromatic nitrogens is 2. The number of benzene rings is 2. The third kappa shape index (κ3) is 3.68. The van der Waals surface area contributed by atoms with E-state index in [1.165, 1.54) is 23.9 Å². The minimum absolute atomic E-state index is 0.354. The number of nitrogens with one attached hydrogen (secondary N) is 1. The van der Waals surface area contributed by atoms with Gasteiger partial charge in [-0.2, -0.15) is 0 Å². The highest BCUT2D eigenvalue weighted by Gasteiger charge is 2.34. The van der Waals surface area contributed by atoms with E-state index in [-0.39, 0.29) is 0 Å². The van der Waals surface area contributed by atoms with Gasteiger partial charge in [-0.25, -0.2) is 9.37 Å². The molecule has 0 saturated carbocycles. The number of hydrogen-bond acceptors (Lipinski definition) is 5. The normalized spacial score (nSPS) is 18.0. The number of para-hydroxylation sites is 2. The van der Waals surface area contributed by atoms with Gasteiger partial charge < -0.3 is 19.4 Å². The lowest BCUT2D eigenvalue weighted by molar-refractivity contribution is -0.128. The minimum atomic E-state index is -0.857. The van der Waals surface area contributed by atoms with Gasteiger partial charge in [0.25, 0.3) is 5.91 Å². The van der Waals surface area contributed by atoms with Crippen LogP contribution in [0.3, 0.4) is 0 Å². The highest BCUT2D eigenvalue weighted by molar-refractivity contribution is 7.99. The van der Waals surface area contributed by atoms with E-state index in [9.17, 15) is 9.18 Å². The monoisotopic (exact) mass is 399 g/mol. The molecule has 28 heavy (non-hydrogen) atoms. The SMILES string of the molecule is CC1Oc2ccccc2OC1C(=O)Nc1cc(F)ccc1Sc1nccn1C. The number of amides is 1. The maximum Gasteiger partial charge on any atom is 0.269 e. The number of anilines is 1. The maximum absolute atomic E-state index is 13.8. The molecule has 1 aliphatic rings. The summed E-state index contributed by atoms with van der Waals surface area (Å²) >= 11 is 1.33. The number of rotatable bonds is 4. The van der Waals surface area contributed by atoms with E-state index in [1.54, 1.807) is 37.4 Å². The van der Waals surface area contributed by atoms with Crippen molar-refractivity contribution in [2.24, 2.45) is 7.05 Å². The molecule has 1 aromatic heterocycles. The molecule has 0 fully saturated rings. The van der Waals surface area contributed by atoms with E-state index in [0.29, 0.717) is 22.1 Å². The van der Waals surface area contributed by atoms with Crippen molar-refractivity contribution in [1.82, 2.24) is 9.55 Å². The zero-order valence-electron chi connectivity index (χ0n) is 15.3. The van der Waals surface area contributed by atoms with Gasteiger partial charge in [-0.3, -0.25) is 4.79 Å². The summed E-state index contributed by atoms with van der Waals surface area (Å²) in [5.74, 6) is 0.242. The van der Waals surface area contributed by atoms with E-state index in [1.807, 2.05) is 23.9 Å². The Hall–Kier alpha value is -3.00. The van der Waals surface area contributed by atoms with Crippen molar-refractivity contribution in [3.8, 4) is 11.5 Å². The van der Waals surface area contributed by atoms with E-state index in [0.717, 1.165) is 5.16 Å². The quantitative estimate of drug-likeness (QED) is 0.721. The molecule has 0 radical (unpaired) electrons. The number of aryl methyl sites for hydroxylation is 1. The van der Waals surface area contributed by atoms with Gasteiger partial charge in [0.15, 0.2) is 16.7 Å².